The fourth-order valence-electron chi connectivity index (χ4n) is 1.33. The summed E-state index contributed by atoms with van der Waals surface area (Å²) >= 11 is 0. The third kappa shape index (κ3) is 5.79. The molecule has 1 N–H and O–H groups in total. The molecule has 0 aromatic heterocycles. The second-order valence-corrected chi connectivity index (χ2v) is 5.16. The lowest BCUT2D eigenvalue weighted by Crippen LogP contribution is -2.34. The molecule has 0 heterocycles. The first-order valence-corrected chi connectivity index (χ1v) is 6.38. The summed E-state index contributed by atoms with van der Waals surface area (Å²) in [6.45, 7) is 8.44. The van der Waals surface area contributed by atoms with Crippen LogP contribution in [0.25, 0.3) is 0 Å². The zero-order valence-corrected chi connectivity index (χ0v) is 11.1. The fourth-order valence-corrected chi connectivity index (χ4v) is 2.72. The molecule has 1 unspecified atom stereocenters. The van der Waals surface area contributed by atoms with Gasteiger partial charge in [-0.2, -0.15) is 5.26 Å². The molecule has 0 aliphatic heterocycles. The molecular weight excluding hydrogens is 226 g/mol. The molecule has 0 aromatic carbocycles. The van der Waals surface area contributed by atoms with Crippen molar-refractivity contribution in [1.82, 2.24) is 4.67 Å². The van der Waals surface area contributed by atoms with Crippen LogP contribution >= 0.6 is 8.53 Å². The molecule has 5 nitrogen and oxygen atoms in total. The van der Waals surface area contributed by atoms with Crippen LogP contribution in [0.1, 0.15) is 34.1 Å². The summed E-state index contributed by atoms with van der Waals surface area (Å²) in [6.07, 6.45) is 0.317. The van der Waals surface area contributed by atoms with Crippen LogP contribution in [0, 0.1) is 11.3 Å². The van der Waals surface area contributed by atoms with Crippen molar-refractivity contribution in [2.75, 3.05) is 6.61 Å². The maximum atomic E-state index is 8.70. The van der Waals surface area contributed by atoms with Gasteiger partial charge in [-0.05, 0) is 27.7 Å². The predicted molar refractivity (Wildman–Crippen MR) is 64.3 cm³/mol. The summed E-state index contributed by atoms with van der Waals surface area (Å²) in [5.41, 5.74) is 0. The van der Waals surface area contributed by atoms with Crippen molar-refractivity contribution in [1.29, 1.82) is 5.26 Å². The van der Waals surface area contributed by atoms with Crippen LogP contribution in [-0.4, -0.2) is 36.1 Å². The highest BCUT2D eigenvalue weighted by Crippen LogP contribution is 2.45. The van der Waals surface area contributed by atoms with Crippen molar-refractivity contribution in [2.45, 2.75) is 46.2 Å². The zero-order chi connectivity index (χ0) is 12.6. The lowest BCUT2D eigenvalue weighted by Gasteiger charge is -2.35. The van der Waals surface area contributed by atoms with Gasteiger partial charge in [0, 0.05) is 12.1 Å². The van der Waals surface area contributed by atoms with E-state index in [1.165, 1.54) is 0 Å². The molecule has 0 saturated carbocycles. The summed E-state index contributed by atoms with van der Waals surface area (Å²) in [5, 5.41) is 17.1. The van der Waals surface area contributed by atoms with Gasteiger partial charge < -0.3 is 14.0 Å². The zero-order valence-electron chi connectivity index (χ0n) is 10.3. The molecule has 0 aliphatic rings. The summed E-state index contributed by atoms with van der Waals surface area (Å²) in [4.78, 5) is 0. The van der Waals surface area contributed by atoms with E-state index in [4.69, 9.17) is 19.3 Å². The average Bonchev–Trinajstić information content (AvgIpc) is 2.17. The van der Waals surface area contributed by atoms with Crippen LogP contribution in [0.4, 0.5) is 0 Å². The Labute approximate surface area is 99.6 Å². The standard InChI is InChI=1S/C9H19BN2O3P/c1-8(2)12(9(3)4)16(15-10-13)14-7-5-6-11/h8-9,13H,5,7H2,1-4H3. The minimum Gasteiger partial charge on any atom is -0.429 e. The minimum absolute atomic E-state index is 0.244. The fraction of sp³-hybridized carbons (Fsp3) is 0.889. The van der Waals surface area contributed by atoms with E-state index in [1.807, 2.05) is 38.4 Å². The third-order valence-electron chi connectivity index (χ3n) is 1.80. The van der Waals surface area contributed by atoms with Crippen molar-refractivity contribution in [3.05, 3.63) is 0 Å². The Bertz CT molecular complexity index is 215. The van der Waals surface area contributed by atoms with E-state index in [2.05, 4.69) is 0 Å². The first-order chi connectivity index (χ1) is 7.54. The van der Waals surface area contributed by atoms with E-state index in [9.17, 15) is 0 Å². The average molecular weight is 245 g/mol. The number of hydrogen-bond acceptors (Lipinski definition) is 5. The molecule has 1 atom stereocenters. The van der Waals surface area contributed by atoms with E-state index in [1.54, 1.807) is 0 Å². The largest absolute Gasteiger partial charge is 0.491 e. The van der Waals surface area contributed by atoms with Crippen LogP contribution in [0.15, 0.2) is 0 Å². The maximum Gasteiger partial charge on any atom is 0.491 e. The smallest absolute Gasteiger partial charge is 0.429 e. The number of hydrogen-bond donors (Lipinski definition) is 1. The summed E-state index contributed by atoms with van der Waals surface area (Å²) in [7, 11) is -0.689. The Hall–Kier alpha value is -0.175. The van der Waals surface area contributed by atoms with Crippen molar-refractivity contribution in [2.24, 2.45) is 0 Å². The van der Waals surface area contributed by atoms with Crippen molar-refractivity contribution < 1.29 is 14.0 Å². The van der Waals surface area contributed by atoms with Gasteiger partial charge in [0.15, 0.2) is 0 Å². The van der Waals surface area contributed by atoms with Crippen molar-refractivity contribution in [3.63, 3.8) is 0 Å². The Morgan fingerprint density at radius 1 is 1.38 bits per heavy atom. The molecule has 7 heteroatoms. The van der Waals surface area contributed by atoms with Crippen LogP contribution in [0.3, 0.4) is 0 Å². The number of nitriles is 1. The second-order valence-electron chi connectivity index (χ2n) is 3.76. The molecule has 16 heavy (non-hydrogen) atoms. The third-order valence-corrected chi connectivity index (χ3v) is 3.78. The SMILES string of the molecule is CC(C)N(C(C)C)P(O[B]O)OCCC#N. The molecule has 1 radical (unpaired) electrons. The van der Waals surface area contributed by atoms with E-state index in [0.717, 1.165) is 0 Å². The number of rotatable bonds is 8. The second kappa shape index (κ2) is 8.92. The van der Waals surface area contributed by atoms with Gasteiger partial charge >= 0.3 is 7.69 Å². The molecule has 0 rings (SSSR count). The van der Waals surface area contributed by atoms with Crippen LogP contribution in [-0.2, 0) is 8.96 Å². The Morgan fingerprint density at radius 2 is 1.94 bits per heavy atom. The molecule has 0 fully saturated rings. The van der Waals surface area contributed by atoms with Gasteiger partial charge in [-0.1, -0.05) is 0 Å². The highest BCUT2D eigenvalue weighted by atomic mass is 31.2. The summed E-state index contributed by atoms with van der Waals surface area (Å²) < 4.78 is 12.6. The molecular formula is C9H19BN2O3P. The quantitative estimate of drug-likeness (QED) is 0.401. The van der Waals surface area contributed by atoms with E-state index >= 15 is 0 Å². The van der Waals surface area contributed by atoms with E-state index in [-0.39, 0.29) is 12.1 Å². The van der Waals surface area contributed by atoms with Gasteiger partial charge in [0.25, 0.3) is 0 Å². The van der Waals surface area contributed by atoms with Crippen molar-refractivity contribution >= 4 is 16.2 Å². The lowest BCUT2D eigenvalue weighted by atomic mass is 10.3. The molecule has 0 spiro atoms. The molecule has 91 valence electrons. The summed E-state index contributed by atoms with van der Waals surface area (Å²) in [6, 6.07) is 2.49. The first kappa shape index (κ1) is 15.8. The highest BCUT2D eigenvalue weighted by molar-refractivity contribution is 7.45. The highest BCUT2D eigenvalue weighted by Gasteiger charge is 2.26. The molecule has 0 bridgehead atoms. The van der Waals surface area contributed by atoms with Crippen molar-refractivity contribution in [3.8, 4) is 6.07 Å². The Balaban J connectivity index is 4.39. The normalized spacial score (nSPS) is 13.2. The Morgan fingerprint density at radius 3 is 2.31 bits per heavy atom. The first-order valence-electron chi connectivity index (χ1n) is 5.25. The van der Waals surface area contributed by atoms with Crippen LogP contribution < -0.4 is 0 Å². The van der Waals surface area contributed by atoms with Crippen LogP contribution in [0.2, 0.25) is 0 Å². The lowest BCUT2D eigenvalue weighted by molar-refractivity contribution is 0.216. The van der Waals surface area contributed by atoms with Gasteiger partial charge in [-0.25, -0.2) is 4.67 Å². The summed E-state index contributed by atoms with van der Waals surface area (Å²) in [5.74, 6) is 0. The molecule has 0 aliphatic carbocycles. The molecule has 0 saturated heterocycles. The topological polar surface area (TPSA) is 65.7 Å². The van der Waals surface area contributed by atoms with Crippen LogP contribution in [0.5, 0.6) is 0 Å². The predicted octanol–water partition coefficient (Wildman–Crippen LogP) is 1.81. The maximum absolute atomic E-state index is 8.70. The minimum atomic E-state index is -1.34. The van der Waals surface area contributed by atoms with Gasteiger partial charge in [-0.3, -0.25) is 0 Å². The monoisotopic (exact) mass is 245 g/mol. The van der Waals surface area contributed by atoms with Gasteiger partial charge in [0.05, 0.1) is 19.1 Å². The van der Waals surface area contributed by atoms with E-state index < -0.39 is 8.53 Å². The van der Waals surface area contributed by atoms with Gasteiger partial charge in [0.1, 0.15) is 0 Å². The van der Waals surface area contributed by atoms with Gasteiger partial charge in [-0.15, -0.1) is 0 Å². The molecule has 0 amide bonds. The van der Waals surface area contributed by atoms with Gasteiger partial charge in [0.2, 0.25) is 8.53 Å². The molecule has 0 aromatic rings. The Kier molecular flexibility index (Phi) is 8.82. The van der Waals surface area contributed by atoms with E-state index in [0.29, 0.717) is 20.7 Å². The number of nitrogens with zero attached hydrogens (tertiary/aromatic N) is 2.